The lowest BCUT2D eigenvalue weighted by Gasteiger charge is -2.18. The molecule has 0 fully saturated rings. The summed E-state index contributed by atoms with van der Waals surface area (Å²) in [5, 5.41) is 9.89. The number of sulfonamides is 1. The summed E-state index contributed by atoms with van der Waals surface area (Å²) in [5.41, 5.74) is 0.690. The van der Waals surface area contributed by atoms with E-state index in [1.54, 1.807) is 13.2 Å². The summed E-state index contributed by atoms with van der Waals surface area (Å²) < 4.78 is 26.4. The van der Waals surface area contributed by atoms with Crippen LogP contribution in [0.4, 0.5) is 0 Å². The van der Waals surface area contributed by atoms with E-state index in [4.69, 9.17) is 0 Å². The molecule has 0 atom stereocenters. The van der Waals surface area contributed by atoms with Gasteiger partial charge < -0.3 is 5.32 Å². The molecular weight excluding hydrogens is 276 g/mol. The van der Waals surface area contributed by atoms with Crippen LogP contribution in [0.15, 0.2) is 11.2 Å². The van der Waals surface area contributed by atoms with E-state index in [0.29, 0.717) is 24.6 Å². The minimum Gasteiger partial charge on any atom is -0.313 e. The number of hydrogen-bond donors (Lipinski definition) is 2. The van der Waals surface area contributed by atoms with Crippen LogP contribution in [0.2, 0.25) is 0 Å². The molecular formula is C13H26N4O2S. The number of rotatable bonds is 9. The van der Waals surface area contributed by atoms with Gasteiger partial charge >= 0.3 is 0 Å². The highest BCUT2D eigenvalue weighted by atomic mass is 32.2. The van der Waals surface area contributed by atoms with Crippen LogP contribution in [-0.4, -0.2) is 43.1 Å². The zero-order chi connectivity index (χ0) is 15.2. The smallest absolute Gasteiger partial charge is 0.260 e. The summed E-state index contributed by atoms with van der Waals surface area (Å²) in [4.78, 5) is 0. The molecule has 1 aromatic rings. The highest BCUT2D eigenvalue weighted by Crippen LogP contribution is 2.17. The van der Waals surface area contributed by atoms with Crippen molar-refractivity contribution in [2.45, 2.75) is 45.2 Å². The minimum atomic E-state index is -3.48. The van der Waals surface area contributed by atoms with E-state index in [0.717, 1.165) is 19.4 Å². The lowest BCUT2D eigenvalue weighted by molar-refractivity contribution is 0.425. The monoisotopic (exact) mass is 302 g/mol. The molecule has 0 radical (unpaired) electrons. The Balaban J connectivity index is 2.79. The third-order valence-corrected chi connectivity index (χ3v) is 4.98. The zero-order valence-corrected chi connectivity index (χ0v) is 13.6. The fourth-order valence-electron chi connectivity index (χ4n) is 1.76. The van der Waals surface area contributed by atoms with E-state index in [-0.39, 0.29) is 5.03 Å². The molecule has 1 rings (SSSR count). The van der Waals surface area contributed by atoms with Gasteiger partial charge in [-0.25, -0.2) is 8.42 Å². The Labute approximate surface area is 122 Å². The van der Waals surface area contributed by atoms with Crippen LogP contribution >= 0.6 is 0 Å². The van der Waals surface area contributed by atoms with Gasteiger partial charge in [-0.15, -0.1) is 0 Å². The van der Waals surface area contributed by atoms with E-state index in [1.807, 2.05) is 0 Å². The molecule has 7 heteroatoms. The highest BCUT2D eigenvalue weighted by molar-refractivity contribution is 7.89. The first kappa shape index (κ1) is 17.1. The van der Waals surface area contributed by atoms with Crippen LogP contribution in [0.25, 0.3) is 0 Å². The lowest BCUT2D eigenvalue weighted by Crippen LogP contribution is -2.30. The molecule has 0 saturated carbocycles. The topological polar surface area (TPSA) is 78.1 Å². The molecule has 0 aliphatic carbocycles. The standard InChI is InChI=1S/C13H26N4O2S/c1-5-7-14-9-12-10-15-16-13(12)20(18,19)17(4)8-6-11(2)3/h10-11,14H,5-9H2,1-4H3,(H,15,16). The van der Waals surface area contributed by atoms with E-state index < -0.39 is 10.0 Å². The quantitative estimate of drug-likeness (QED) is 0.679. The Morgan fingerprint density at radius 1 is 1.45 bits per heavy atom. The van der Waals surface area contributed by atoms with Crippen molar-refractivity contribution in [2.75, 3.05) is 20.1 Å². The molecule has 0 amide bonds. The van der Waals surface area contributed by atoms with Crippen LogP contribution < -0.4 is 5.32 Å². The third-order valence-electron chi connectivity index (χ3n) is 3.11. The van der Waals surface area contributed by atoms with Crippen molar-refractivity contribution < 1.29 is 8.42 Å². The molecule has 0 bridgehead atoms. The van der Waals surface area contributed by atoms with Gasteiger partial charge in [-0.05, 0) is 25.3 Å². The van der Waals surface area contributed by atoms with E-state index in [9.17, 15) is 8.42 Å². The van der Waals surface area contributed by atoms with Gasteiger partial charge in [0.1, 0.15) is 0 Å². The summed E-state index contributed by atoms with van der Waals surface area (Å²) in [5.74, 6) is 0.472. The molecule has 0 aromatic carbocycles. The van der Waals surface area contributed by atoms with Crippen LogP contribution in [0.3, 0.4) is 0 Å². The van der Waals surface area contributed by atoms with Crippen molar-refractivity contribution in [1.29, 1.82) is 0 Å². The molecule has 6 nitrogen and oxygen atoms in total. The van der Waals surface area contributed by atoms with Crippen molar-refractivity contribution in [2.24, 2.45) is 5.92 Å². The summed E-state index contributed by atoms with van der Waals surface area (Å²) in [7, 11) is -1.87. The van der Waals surface area contributed by atoms with Gasteiger partial charge in [-0.2, -0.15) is 9.40 Å². The second-order valence-corrected chi connectivity index (χ2v) is 7.39. The average Bonchev–Trinajstić information content (AvgIpc) is 2.85. The van der Waals surface area contributed by atoms with Gasteiger partial charge in [0.2, 0.25) is 0 Å². The Morgan fingerprint density at radius 2 is 2.15 bits per heavy atom. The first-order valence-corrected chi connectivity index (χ1v) is 8.52. The Hall–Kier alpha value is -0.920. The molecule has 0 saturated heterocycles. The number of nitrogens with one attached hydrogen (secondary N) is 2. The number of aromatic amines is 1. The van der Waals surface area contributed by atoms with Crippen LogP contribution in [0.5, 0.6) is 0 Å². The summed E-state index contributed by atoms with van der Waals surface area (Å²) in [6.07, 6.45) is 3.42. The number of hydrogen-bond acceptors (Lipinski definition) is 4. The Bertz CT molecular complexity index is 496. The van der Waals surface area contributed by atoms with Gasteiger partial charge in [0.25, 0.3) is 10.0 Å². The van der Waals surface area contributed by atoms with Crippen molar-refractivity contribution in [3.8, 4) is 0 Å². The fraction of sp³-hybridized carbons (Fsp3) is 0.769. The second kappa shape index (κ2) is 7.75. The van der Waals surface area contributed by atoms with Crippen LogP contribution in [0.1, 0.15) is 39.2 Å². The van der Waals surface area contributed by atoms with E-state index in [1.165, 1.54) is 4.31 Å². The van der Waals surface area contributed by atoms with Gasteiger partial charge in [-0.1, -0.05) is 20.8 Å². The summed E-state index contributed by atoms with van der Waals surface area (Å²) in [6, 6.07) is 0. The first-order valence-electron chi connectivity index (χ1n) is 7.08. The largest absolute Gasteiger partial charge is 0.313 e. The summed E-state index contributed by atoms with van der Waals surface area (Å²) >= 11 is 0. The molecule has 2 N–H and O–H groups in total. The van der Waals surface area contributed by atoms with Gasteiger partial charge in [0.05, 0.1) is 6.20 Å². The zero-order valence-electron chi connectivity index (χ0n) is 12.8. The van der Waals surface area contributed by atoms with Crippen molar-refractivity contribution in [3.05, 3.63) is 11.8 Å². The van der Waals surface area contributed by atoms with Crippen molar-refractivity contribution >= 4 is 10.0 Å². The highest BCUT2D eigenvalue weighted by Gasteiger charge is 2.25. The second-order valence-electron chi connectivity index (χ2n) is 5.41. The molecule has 0 unspecified atom stereocenters. The minimum absolute atomic E-state index is 0.201. The molecule has 116 valence electrons. The third kappa shape index (κ3) is 4.57. The van der Waals surface area contributed by atoms with Crippen LogP contribution in [-0.2, 0) is 16.6 Å². The van der Waals surface area contributed by atoms with Crippen molar-refractivity contribution in [3.63, 3.8) is 0 Å². The predicted molar refractivity (Wildman–Crippen MR) is 79.9 cm³/mol. The number of aromatic nitrogens is 2. The molecule has 0 spiro atoms. The molecule has 1 heterocycles. The maximum absolute atomic E-state index is 12.5. The molecule has 0 aliphatic rings. The van der Waals surface area contributed by atoms with E-state index in [2.05, 4.69) is 36.3 Å². The van der Waals surface area contributed by atoms with E-state index >= 15 is 0 Å². The van der Waals surface area contributed by atoms with Gasteiger partial charge in [-0.3, -0.25) is 5.10 Å². The van der Waals surface area contributed by atoms with Crippen LogP contribution in [0, 0.1) is 5.92 Å². The maximum atomic E-state index is 12.5. The summed E-state index contributed by atoms with van der Waals surface area (Å²) in [6.45, 7) is 8.11. The molecule has 1 aromatic heterocycles. The lowest BCUT2D eigenvalue weighted by atomic mass is 10.1. The average molecular weight is 302 g/mol. The molecule has 0 aliphatic heterocycles. The van der Waals surface area contributed by atoms with Gasteiger partial charge in [0, 0.05) is 25.7 Å². The number of nitrogens with zero attached hydrogens (tertiary/aromatic N) is 2. The molecule has 20 heavy (non-hydrogen) atoms. The predicted octanol–water partition coefficient (Wildman–Crippen LogP) is 1.58. The SMILES string of the molecule is CCCNCc1cn[nH]c1S(=O)(=O)N(C)CCC(C)C. The normalized spacial score (nSPS) is 12.5. The van der Waals surface area contributed by atoms with Crippen molar-refractivity contribution in [1.82, 2.24) is 19.8 Å². The van der Waals surface area contributed by atoms with Gasteiger partial charge in [0.15, 0.2) is 5.03 Å². The Kier molecular flexibility index (Phi) is 6.64. The fourth-order valence-corrected chi connectivity index (χ4v) is 3.05. The Morgan fingerprint density at radius 3 is 2.75 bits per heavy atom. The number of H-pyrrole nitrogens is 1. The first-order chi connectivity index (χ1) is 9.39. The maximum Gasteiger partial charge on any atom is 0.260 e.